The molecule has 102 valence electrons. The predicted octanol–water partition coefficient (Wildman–Crippen LogP) is 4.38. The lowest BCUT2D eigenvalue weighted by molar-refractivity contribution is 0.475. The minimum absolute atomic E-state index is 0.440. The number of nitrogens with two attached hydrogens (primary N) is 1. The van der Waals surface area contributed by atoms with Crippen molar-refractivity contribution in [3.05, 3.63) is 41.2 Å². The third kappa shape index (κ3) is 3.67. The minimum Gasteiger partial charge on any atom is -0.399 e. The molecule has 2 N–H and O–H groups in total. The van der Waals surface area contributed by atoms with Gasteiger partial charge in [0.1, 0.15) is 0 Å². The fraction of sp³-hybridized carbons (Fsp3) is 0.357. The third-order valence-electron chi connectivity index (χ3n) is 3.04. The molecular formula is C14H18ClN3S. The van der Waals surface area contributed by atoms with Gasteiger partial charge in [0.15, 0.2) is 0 Å². The fourth-order valence-corrected chi connectivity index (χ4v) is 2.83. The summed E-state index contributed by atoms with van der Waals surface area (Å²) >= 11 is 7.80. The van der Waals surface area contributed by atoms with E-state index in [0.29, 0.717) is 6.04 Å². The maximum absolute atomic E-state index is 6.14. The van der Waals surface area contributed by atoms with E-state index in [9.17, 15) is 0 Å². The molecule has 0 spiro atoms. The summed E-state index contributed by atoms with van der Waals surface area (Å²) in [6.45, 7) is 4.33. The minimum atomic E-state index is 0.440. The molecule has 0 aliphatic carbocycles. The zero-order chi connectivity index (χ0) is 13.8. The second-order valence-electron chi connectivity index (χ2n) is 4.52. The Balaban J connectivity index is 2.02. The molecule has 0 radical (unpaired) electrons. The van der Waals surface area contributed by atoms with Crippen LogP contribution in [0.25, 0.3) is 0 Å². The van der Waals surface area contributed by atoms with Crippen LogP contribution in [0.4, 0.5) is 5.69 Å². The number of nitrogens with zero attached hydrogens (tertiary/aromatic N) is 2. The average Bonchev–Trinajstić information content (AvgIpc) is 2.88. The Hall–Kier alpha value is -1.13. The summed E-state index contributed by atoms with van der Waals surface area (Å²) in [4.78, 5) is 1.000. The lowest BCUT2D eigenvalue weighted by Gasteiger charge is -2.08. The van der Waals surface area contributed by atoms with E-state index in [-0.39, 0.29) is 0 Å². The molecule has 0 aliphatic heterocycles. The molecule has 1 heterocycles. The average molecular weight is 296 g/mol. The number of nitrogen functional groups attached to an aromatic ring is 1. The normalized spacial score (nSPS) is 12.6. The van der Waals surface area contributed by atoms with Crippen LogP contribution in [0.15, 0.2) is 35.4 Å². The second kappa shape index (κ2) is 6.35. The molecule has 0 fully saturated rings. The van der Waals surface area contributed by atoms with Crippen molar-refractivity contribution in [3.63, 3.8) is 0 Å². The molecule has 1 unspecified atom stereocenters. The zero-order valence-corrected chi connectivity index (χ0v) is 12.7. The highest BCUT2D eigenvalue weighted by atomic mass is 35.5. The summed E-state index contributed by atoms with van der Waals surface area (Å²) in [5.41, 5.74) is 7.56. The summed E-state index contributed by atoms with van der Waals surface area (Å²) in [5, 5.41) is 5.31. The number of hydrogen-bond acceptors (Lipinski definition) is 3. The Morgan fingerprint density at radius 3 is 2.95 bits per heavy atom. The Morgan fingerprint density at radius 2 is 2.21 bits per heavy atom. The number of rotatable bonds is 5. The van der Waals surface area contributed by atoms with Crippen LogP contribution in [0.2, 0.25) is 5.02 Å². The van der Waals surface area contributed by atoms with Crippen LogP contribution >= 0.6 is 23.4 Å². The van der Waals surface area contributed by atoms with Crippen LogP contribution in [0.1, 0.15) is 32.0 Å². The summed E-state index contributed by atoms with van der Waals surface area (Å²) in [5.74, 6) is 0.798. The molecule has 19 heavy (non-hydrogen) atoms. The predicted molar refractivity (Wildman–Crippen MR) is 82.7 cm³/mol. The first-order chi connectivity index (χ1) is 9.10. The number of halogens is 1. The van der Waals surface area contributed by atoms with Gasteiger partial charge < -0.3 is 5.73 Å². The Labute approximate surface area is 123 Å². The van der Waals surface area contributed by atoms with Crippen LogP contribution in [-0.2, 0) is 5.75 Å². The summed E-state index contributed by atoms with van der Waals surface area (Å²) < 4.78 is 2.01. The Bertz CT molecular complexity index is 553. The standard InChI is InChI=1S/C14H18ClN3S/c1-3-10(2)18-7-6-12(17-18)9-19-14-8-11(16)4-5-13(14)15/h4-8,10H,3,9,16H2,1-2H3. The van der Waals surface area contributed by atoms with Gasteiger partial charge >= 0.3 is 0 Å². The maximum atomic E-state index is 6.14. The van der Waals surface area contributed by atoms with Crippen molar-refractivity contribution in [1.82, 2.24) is 9.78 Å². The summed E-state index contributed by atoms with van der Waals surface area (Å²) in [6, 6.07) is 8.04. The largest absolute Gasteiger partial charge is 0.399 e. The molecule has 1 atom stereocenters. The lowest BCUT2D eigenvalue weighted by Crippen LogP contribution is -2.04. The van der Waals surface area contributed by atoms with Gasteiger partial charge in [-0.2, -0.15) is 5.10 Å². The highest BCUT2D eigenvalue weighted by molar-refractivity contribution is 7.98. The molecule has 0 aliphatic rings. The fourth-order valence-electron chi connectivity index (χ4n) is 1.67. The molecule has 0 saturated heterocycles. The smallest absolute Gasteiger partial charge is 0.0727 e. The van der Waals surface area contributed by atoms with Crippen LogP contribution in [-0.4, -0.2) is 9.78 Å². The number of anilines is 1. The third-order valence-corrected chi connectivity index (χ3v) is 4.57. The number of benzene rings is 1. The van der Waals surface area contributed by atoms with E-state index < -0.39 is 0 Å². The molecular weight excluding hydrogens is 278 g/mol. The highest BCUT2D eigenvalue weighted by Gasteiger charge is 2.07. The highest BCUT2D eigenvalue weighted by Crippen LogP contribution is 2.31. The van der Waals surface area contributed by atoms with E-state index >= 15 is 0 Å². The first-order valence-corrected chi connectivity index (χ1v) is 7.68. The molecule has 0 saturated carbocycles. The van der Waals surface area contributed by atoms with Gasteiger partial charge in [0.25, 0.3) is 0 Å². The van der Waals surface area contributed by atoms with E-state index in [1.165, 1.54) is 0 Å². The van der Waals surface area contributed by atoms with Crippen molar-refractivity contribution in [2.75, 3.05) is 5.73 Å². The van der Waals surface area contributed by atoms with Crippen LogP contribution in [0, 0.1) is 0 Å². The zero-order valence-electron chi connectivity index (χ0n) is 11.1. The molecule has 1 aromatic heterocycles. The number of thioether (sulfide) groups is 1. The quantitative estimate of drug-likeness (QED) is 0.657. The van der Waals surface area contributed by atoms with Gasteiger partial charge in [-0.25, -0.2) is 0 Å². The van der Waals surface area contributed by atoms with Crippen LogP contribution in [0.3, 0.4) is 0 Å². The van der Waals surface area contributed by atoms with Gasteiger partial charge in [0.05, 0.1) is 10.7 Å². The van der Waals surface area contributed by atoms with E-state index in [4.69, 9.17) is 17.3 Å². The number of aromatic nitrogens is 2. The Morgan fingerprint density at radius 1 is 1.42 bits per heavy atom. The molecule has 3 nitrogen and oxygen atoms in total. The first-order valence-electron chi connectivity index (χ1n) is 6.32. The van der Waals surface area contributed by atoms with E-state index in [1.807, 2.05) is 29.1 Å². The summed E-state index contributed by atoms with van der Waals surface area (Å²) in [6.07, 6.45) is 3.11. The van der Waals surface area contributed by atoms with Crippen molar-refractivity contribution in [3.8, 4) is 0 Å². The second-order valence-corrected chi connectivity index (χ2v) is 5.95. The van der Waals surface area contributed by atoms with Crippen LogP contribution < -0.4 is 5.73 Å². The monoisotopic (exact) mass is 295 g/mol. The van der Waals surface area contributed by atoms with Gasteiger partial charge in [-0.1, -0.05) is 18.5 Å². The molecule has 5 heteroatoms. The van der Waals surface area contributed by atoms with Crippen molar-refractivity contribution < 1.29 is 0 Å². The topological polar surface area (TPSA) is 43.8 Å². The van der Waals surface area contributed by atoms with E-state index in [1.54, 1.807) is 11.8 Å². The van der Waals surface area contributed by atoms with Gasteiger partial charge in [-0.15, -0.1) is 11.8 Å². The Kier molecular flexibility index (Phi) is 4.77. The van der Waals surface area contributed by atoms with E-state index in [2.05, 4.69) is 25.0 Å². The van der Waals surface area contributed by atoms with Crippen molar-refractivity contribution in [2.24, 2.45) is 0 Å². The molecule has 0 bridgehead atoms. The molecule has 2 aromatic rings. The van der Waals surface area contributed by atoms with Crippen molar-refractivity contribution in [1.29, 1.82) is 0 Å². The lowest BCUT2D eigenvalue weighted by atomic mass is 10.3. The first kappa shape index (κ1) is 14.3. The van der Waals surface area contributed by atoms with Gasteiger partial charge in [-0.05, 0) is 37.6 Å². The van der Waals surface area contributed by atoms with Gasteiger partial charge in [0.2, 0.25) is 0 Å². The maximum Gasteiger partial charge on any atom is 0.0727 e. The summed E-state index contributed by atoms with van der Waals surface area (Å²) in [7, 11) is 0. The number of hydrogen-bond donors (Lipinski definition) is 1. The SMILES string of the molecule is CCC(C)n1ccc(CSc2cc(N)ccc2Cl)n1. The molecule has 0 amide bonds. The van der Waals surface area contributed by atoms with Crippen molar-refractivity contribution in [2.45, 2.75) is 37.0 Å². The van der Waals surface area contributed by atoms with Crippen LogP contribution in [0.5, 0.6) is 0 Å². The van der Waals surface area contributed by atoms with E-state index in [0.717, 1.165) is 33.5 Å². The van der Waals surface area contributed by atoms with Gasteiger partial charge in [0, 0.05) is 28.6 Å². The molecule has 1 aromatic carbocycles. The molecule has 2 rings (SSSR count). The van der Waals surface area contributed by atoms with Crippen molar-refractivity contribution >= 4 is 29.1 Å². The van der Waals surface area contributed by atoms with Gasteiger partial charge in [-0.3, -0.25) is 4.68 Å².